The Morgan fingerprint density at radius 1 is 1.06 bits per heavy atom. The van der Waals surface area contributed by atoms with Gasteiger partial charge in [0.05, 0.1) is 12.6 Å². The Bertz CT molecular complexity index is 713. The van der Waals surface area contributed by atoms with E-state index in [-0.39, 0.29) is 12.5 Å². The number of amides is 5. The highest BCUT2D eigenvalue weighted by atomic mass is 16.2. The summed E-state index contributed by atoms with van der Waals surface area (Å²) in [5.74, 6) is -2.24. The van der Waals surface area contributed by atoms with Gasteiger partial charge in [-0.25, -0.2) is 4.79 Å². The second kappa shape index (κ2) is 10.6. The van der Waals surface area contributed by atoms with E-state index >= 15 is 0 Å². The van der Waals surface area contributed by atoms with E-state index in [1.54, 1.807) is 0 Å². The van der Waals surface area contributed by atoms with Crippen molar-refractivity contribution >= 4 is 29.5 Å². The molecule has 1 saturated carbocycles. The molecule has 0 radical (unpaired) electrons. The maximum absolute atomic E-state index is 12.8. The van der Waals surface area contributed by atoms with Gasteiger partial charge < -0.3 is 26.6 Å². The molecule has 10 heteroatoms. The van der Waals surface area contributed by atoms with Crippen LogP contribution in [0.4, 0.5) is 4.79 Å². The molecule has 1 saturated heterocycles. The van der Waals surface area contributed by atoms with Gasteiger partial charge in [0.2, 0.25) is 17.6 Å². The van der Waals surface area contributed by atoms with E-state index in [4.69, 9.17) is 5.73 Å². The highest BCUT2D eigenvalue weighted by Gasteiger charge is 2.36. The average Bonchev–Trinajstić information content (AvgIpc) is 3.11. The van der Waals surface area contributed by atoms with E-state index in [2.05, 4.69) is 16.0 Å². The maximum atomic E-state index is 12.8. The van der Waals surface area contributed by atoms with Crippen molar-refractivity contribution in [3.8, 4) is 0 Å². The predicted octanol–water partition coefficient (Wildman–Crippen LogP) is 0.195. The van der Waals surface area contributed by atoms with E-state index in [1.807, 2.05) is 20.8 Å². The first-order valence-electron chi connectivity index (χ1n) is 11.0. The van der Waals surface area contributed by atoms with Gasteiger partial charge in [-0.05, 0) is 52.4 Å². The minimum absolute atomic E-state index is 0.239. The Kier molecular flexibility index (Phi) is 8.41. The number of primary amides is 1. The SMILES string of the molecule is CC(C)(C)NC(=O)NCC(=O)N1CCC[C@H]1C(=O)NC(CCC1CCC1)C(=O)C(N)=O. The second-order valence-corrected chi connectivity index (χ2v) is 9.47. The van der Waals surface area contributed by atoms with E-state index in [1.165, 1.54) is 4.90 Å². The van der Waals surface area contributed by atoms with Crippen LogP contribution in [0.25, 0.3) is 0 Å². The molecule has 1 aliphatic heterocycles. The Labute approximate surface area is 183 Å². The van der Waals surface area contributed by atoms with Gasteiger partial charge in [-0.1, -0.05) is 19.3 Å². The number of likely N-dealkylation sites (tertiary alicyclic amines) is 1. The van der Waals surface area contributed by atoms with Gasteiger partial charge in [0, 0.05) is 12.1 Å². The zero-order valence-corrected chi connectivity index (χ0v) is 18.7. The van der Waals surface area contributed by atoms with Crippen LogP contribution in [0.15, 0.2) is 0 Å². The van der Waals surface area contributed by atoms with Gasteiger partial charge in [0.15, 0.2) is 0 Å². The van der Waals surface area contributed by atoms with Crippen molar-refractivity contribution in [3.63, 3.8) is 0 Å². The van der Waals surface area contributed by atoms with Crippen molar-refractivity contribution in [3.05, 3.63) is 0 Å². The zero-order chi connectivity index (χ0) is 23.2. The molecule has 2 fully saturated rings. The molecule has 174 valence electrons. The molecule has 1 aliphatic carbocycles. The monoisotopic (exact) mass is 437 g/mol. The number of carbonyl (C=O) groups excluding carboxylic acids is 5. The fourth-order valence-electron chi connectivity index (χ4n) is 3.87. The third-order valence-electron chi connectivity index (χ3n) is 5.73. The quantitative estimate of drug-likeness (QED) is 0.380. The molecule has 1 heterocycles. The van der Waals surface area contributed by atoms with Crippen LogP contribution in [-0.2, 0) is 19.2 Å². The summed E-state index contributed by atoms with van der Waals surface area (Å²) in [5.41, 5.74) is 4.72. The number of nitrogens with one attached hydrogen (secondary N) is 3. The van der Waals surface area contributed by atoms with Crippen molar-refractivity contribution in [1.29, 1.82) is 0 Å². The lowest BCUT2D eigenvalue weighted by molar-refractivity contribution is -0.141. The van der Waals surface area contributed by atoms with E-state index < -0.39 is 41.3 Å². The number of ketones is 1. The van der Waals surface area contributed by atoms with Crippen molar-refractivity contribution in [1.82, 2.24) is 20.9 Å². The number of nitrogens with zero attached hydrogens (tertiary/aromatic N) is 1. The minimum Gasteiger partial charge on any atom is -0.363 e. The maximum Gasteiger partial charge on any atom is 0.315 e. The molecule has 2 rings (SSSR count). The lowest BCUT2D eigenvalue weighted by Crippen LogP contribution is -2.54. The van der Waals surface area contributed by atoms with Crippen LogP contribution >= 0.6 is 0 Å². The molecular weight excluding hydrogens is 402 g/mol. The Hall–Kier alpha value is -2.65. The third-order valence-corrected chi connectivity index (χ3v) is 5.73. The second-order valence-electron chi connectivity index (χ2n) is 9.47. The molecule has 0 spiro atoms. The molecule has 0 aromatic rings. The highest BCUT2D eigenvalue weighted by molar-refractivity contribution is 6.37. The van der Waals surface area contributed by atoms with Crippen molar-refractivity contribution in [2.45, 2.75) is 83.3 Å². The third kappa shape index (κ3) is 7.52. The lowest BCUT2D eigenvalue weighted by atomic mass is 9.81. The Balaban J connectivity index is 1.92. The van der Waals surface area contributed by atoms with Crippen molar-refractivity contribution in [2.75, 3.05) is 13.1 Å². The number of Topliss-reactive ketones (excluding diaryl/α,β-unsaturated/α-hetero) is 1. The summed E-state index contributed by atoms with van der Waals surface area (Å²) in [5, 5.41) is 7.85. The smallest absolute Gasteiger partial charge is 0.315 e. The Morgan fingerprint density at radius 2 is 1.74 bits per heavy atom. The van der Waals surface area contributed by atoms with Gasteiger partial charge in [-0.3, -0.25) is 19.2 Å². The summed E-state index contributed by atoms with van der Waals surface area (Å²) in [7, 11) is 0. The molecule has 5 amide bonds. The lowest BCUT2D eigenvalue weighted by Gasteiger charge is -2.29. The van der Waals surface area contributed by atoms with Crippen molar-refractivity contribution < 1.29 is 24.0 Å². The highest BCUT2D eigenvalue weighted by Crippen LogP contribution is 2.31. The van der Waals surface area contributed by atoms with Gasteiger partial charge in [-0.2, -0.15) is 0 Å². The molecule has 0 bridgehead atoms. The van der Waals surface area contributed by atoms with Crippen LogP contribution in [0.2, 0.25) is 0 Å². The molecule has 1 unspecified atom stereocenters. The van der Waals surface area contributed by atoms with Gasteiger partial charge in [-0.15, -0.1) is 0 Å². The molecule has 0 aromatic carbocycles. The van der Waals surface area contributed by atoms with Gasteiger partial charge in [0.1, 0.15) is 6.04 Å². The topological polar surface area (TPSA) is 151 Å². The van der Waals surface area contributed by atoms with Crippen LogP contribution in [0, 0.1) is 5.92 Å². The van der Waals surface area contributed by atoms with Gasteiger partial charge in [0.25, 0.3) is 5.91 Å². The summed E-state index contributed by atoms with van der Waals surface area (Å²) in [6, 6.07) is -2.19. The van der Waals surface area contributed by atoms with Gasteiger partial charge >= 0.3 is 6.03 Å². The number of hydrogen-bond donors (Lipinski definition) is 4. The fourth-order valence-corrected chi connectivity index (χ4v) is 3.87. The fraction of sp³-hybridized carbons (Fsp3) is 0.762. The number of nitrogens with two attached hydrogens (primary N) is 1. The summed E-state index contributed by atoms with van der Waals surface area (Å²) in [6.45, 7) is 5.62. The number of rotatable bonds is 9. The number of urea groups is 1. The van der Waals surface area contributed by atoms with E-state index in [0.717, 1.165) is 25.7 Å². The molecule has 2 aliphatic rings. The van der Waals surface area contributed by atoms with Crippen LogP contribution < -0.4 is 21.7 Å². The normalized spacial score (nSPS) is 19.8. The van der Waals surface area contributed by atoms with Crippen LogP contribution in [0.3, 0.4) is 0 Å². The Morgan fingerprint density at radius 3 is 2.29 bits per heavy atom. The van der Waals surface area contributed by atoms with Crippen molar-refractivity contribution in [2.24, 2.45) is 11.7 Å². The molecule has 5 N–H and O–H groups in total. The molecular formula is C21H35N5O5. The summed E-state index contributed by atoms with van der Waals surface area (Å²) in [6.07, 6.45) is 5.52. The first kappa shape index (κ1) is 24.6. The first-order valence-corrected chi connectivity index (χ1v) is 11.0. The number of hydrogen-bond acceptors (Lipinski definition) is 5. The molecule has 31 heavy (non-hydrogen) atoms. The zero-order valence-electron chi connectivity index (χ0n) is 18.7. The number of carbonyl (C=O) groups is 5. The first-order chi connectivity index (χ1) is 14.5. The molecule has 2 atom stereocenters. The summed E-state index contributed by atoms with van der Waals surface area (Å²) >= 11 is 0. The predicted molar refractivity (Wildman–Crippen MR) is 114 cm³/mol. The van der Waals surface area contributed by atoms with E-state index in [9.17, 15) is 24.0 Å². The molecule has 0 aromatic heterocycles. The van der Waals surface area contributed by atoms with E-state index in [0.29, 0.717) is 31.7 Å². The summed E-state index contributed by atoms with van der Waals surface area (Å²) in [4.78, 5) is 62.3. The largest absolute Gasteiger partial charge is 0.363 e. The standard InChI is InChI=1S/C21H35N5O5/c1-21(2,3)25-20(31)23-12-16(27)26-11-5-8-15(26)19(30)24-14(17(28)18(22)29)10-9-13-6-4-7-13/h13-15H,4-12H2,1-3H3,(H2,22,29)(H,24,30)(H2,23,25,31)/t14?,15-/m0/s1. The molecule has 10 nitrogen and oxygen atoms in total. The van der Waals surface area contributed by atoms with Crippen LogP contribution in [0.5, 0.6) is 0 Å². The van der Waals surface area contributed by atoms with Crippen LogP contribution in [-0.4, -0.2) is 65.1 Å². The van der Waals surface area contributed by atoms with Crippen LogP contribution in [0.1, 0.15) is 65.7 Å². The average molecular weight is 438 g/mol. The summed E-state index contributed by atoms with van der Waals surface area (Å²) < 4.78 is 0. The minimum atomic E-state index is -1.08.